The Morgan fingerprint density at radius 3 is 2.20 bits per heavy atom. The van der Waals surface area contributed by atoms with Crippen molar-refractivity contribution in [3.05, 3.63) is 0 Å². The molecular formula is C8H9FO6. The lowest BCUT2D eigenvalue weighted by molar-refractivity contribution is -0.177. The van der Waals surface area contributed by atoms with Gasteiger partial charge in [-0.25, -0.2) is 14.0 Å². The van der Waals surface area contributed by atoms with Crippen molar-refractivity contribution in [2.45, 2.75) is 23.8 Å². The molecule has 0 aliphatic heterocycles. The summed E-state index contributed by atoms with van der Waals surface area (Å²) < 4.78 is 13.6. The monoisotopic (exact) mass is 220 g/mol. The predicted molar refractivity (Wildman–Crippen MR) is 41.7 cm³/mol. The number of aliphatic hydroxyl groups is 2. The van der Waals surface area contributed by atoms with Crippen molar-refractivity contribution in [2.75, 3.05) is 0 Å². The van der Waals surface area contributed by atoms with Gasteiger partial charge >= 0.3 is 11.9 Å². The van der Waals surface area contributed by atoms with Crippen molar-refractivity contribution in [1.82, 2.24) is 0 Å². The summed E-state index contributed by atoms with van der Waals surface area (Å²) in [5.41, 5.74) is -5.40. The van der Waals surface area contributed by atoms with Crippen molar-refractivity contribution in [1.29, 1.82) is 0 Å². The van der Waals surface area contributed by atoms with Crippen molar-refractivity contribution in [3.63, 3.8) is 0 Å². The van der Waals surface area contributed by atoms with Gasteiger partial charge in [-0.3, -0.25) is 0 Å². The molecule has 84 valence electrons. The van der Waals surface area contributed by atoms with Gasteiger partial charge in [0.25, 0.3) is 0 Å². The second-order valence-electron chi connectivity index (χ2n) is 4.04. The Balaban J connectivity index is 2.37. The van der Waals surface area contributed by atoms with E-state index in [1.165, 1.54) is 0 Å². The van der Waals surface area contributed by atoms with Gasteiger partial charge in [-0.2, -0.15) is 0 Å². The average molecular weight is 220 g/mol. The zero-order valence-electron chi connectivity index (χ0n) is 7.42. The Morgan fingerprint density at radius 2 is 1.80 bits per heavy atom. The minimum absolute atomic E-state index is 0.351. The molecule has 2 rings (SSSR count). The van der Waals surface area contributed by atoms with Crippen LogP contribution >= 0.6 is 0 Å². The summed E-state index contributed by atoms with van der Waals surface area (Å²) in [5.74, 6) is -6.26. The third-order valence-corrected chi connectivity index (χ3v) is 3.42. The molecular weight excluding hydrogens is 211 g/mol. The van der Waals surface area contributed by atoms with Gasteiger partial charge in [0.05, 0.1) is 12.0 Å². The van der Waals surface area contributed by atoms with Crippen LogP contribution in [0.15, 0.2) is 0 Å². The van der Waals surface area contributed by atoms with Crippen LogP contribution in [-0.4, -0.2) is 49.7 Å². The van der Waals surface area contributed by atoms with Gasteiger partial charge in [-0.05, 0) is 6.42 Å². The normalized spacial score (nSPS) is 52.3. The minimum atomic E-state index is -2.72. The van der Waals surface area contributed by atoms with Gasteiger partial charge in [0, 0.05) is 5.92 Å². The Bertz CT molecular complexity index is 357. The van der Waals surface area contributed by atoms with E-state index in [1.54, 1.807) is 0 Å². The van der Waals surface area contributed by atoms with Gasteiger partial charge in [0.2, 0.25) is 5.67 Å². The predicted octanol–water partition coefficient (Wildman–Crippen LogP) is -1.39. The highest BCUT2D eigenvalue weighted by Gasteiger charge is 2.85. The topological polar surface area (TPSA) is 115 Å². The van der Waals surface area contributed by atoms with Crippen molar-refractivity contribution in [2.24, 2.45) is 11.8 Å². The van der Waals surface area contributed by atoms with E-state index in [0.29, 0.717) is 0 Å². The molecule has 6 nitrogen and oxygen atoms in total. The van der Waals surface area contributed by atoms with E-state index in [2.05, 4.69) is 0 Å². The van der Waals surface area contributed by atoms with Crippen LogP contribution in [0.5, 0.6) is 0 Å². The Hall–Kier alpha value is -1.21. The first-order valence-corrected chi connectivity index (χ1v) is 4.33. The molecule has 4 N–H and O–H groups in total. The minimum Gasteiger partial charge on any atom is -0.479 e. The fourth-order valence-electron chi connectivity index (χ4n) is 2.55. The number of carbonyl (C=O) groups is 2. The standard InChI is InChI=1S/C8H9FO6/c9-7(5(11)12)2-1-3(10)8(15,4(2)7)6(13)14/h2-4,10,15H,1H2,(H,11,12)(H,13,14)/t2-,3-,4+,7-,8-/m1/s1. The molecule has 0 bridgehead atoms. The third kappa shape index (κ3) is 0.895. The summed E-state index contributed by atoms with van der Waals surface area (Å²) in [6.07, 6.45) is -1.97. The van der Waals surface area contributed by atoms with Gasteiger partial charge in [-0.15, -0.1) is 0 Å². The molecule has 0 heterocycles. The molecule has 2 aliphatic rings. The number of fused-ring (bicyclic) bond motifs is 1. The van der Waals surface area contributed by atoms with E-state index in [4.69, 9.17) is 10.2 Å². The summed E-state index contributed by atoms with van der Waals surface area (Å²) in [6.45, 7) is 0. The highest BCUT2D eigenvalue weighted by atomic mass is 19.1. The maximum absolute atomic E-state index is 13.6. The summed E-state index contributed by atoms with van der Waals surface area (Å²) in [6, 6.07) is 0. The first-order valence-electron chi connectivity index (χ1n) is 4.33. The Labute approximate surface area is 82.9 Å². The summed E-state index contributed by atoms with van der Waals surface area (Å²) in [7, 11) is 0. The van der Waals surface area contributed by atoms with Crippen LogP contribution in [0, 0.1) is 11.8 Å². The zero-order valence-corrected chi connectivity index (χ0v) is 7.42. The van der Waals surface area contributed by atoms with Gasteiger partial charge in [0.15, 0.2) is 5.60 Å². The molecule has 0 amide bonds. The molecule has 0 aromatic heterocycles. The van der Waals surface area contributed by atoms with Crippen molar-refractivity contribution in [3.8, 4) is 0 Å². The number of hydrogen-bond acceptors (Lipinski definition) is 4. The number of aliphatic hydroxyl groups excluding tert-OH is 1. The fourth-order valence-corrected chi connectivity index (χ4v) is 2.55. The number of rotatable bonds is 2. The lowest BCUT2D eigenvalue weighted by Gasteiger charge is -2.26. The van der Waals surface area contributed by atoms with Crippen LogP contribution in [0.3, 0.4) is 0 Å². The fraction of sp³-hybridized carbons (Fsp3) is 0.750. The van der Waals surface area contributed by atoms with E-state index < -0.39 is 41.1 Å². The smallest absolute Gasteiger partial charge is 0.342 e. The first-order chi connectivity index (χ1) is 6.77. The van der Waals surface area contributed by atoms with E-state index in [9.17, 15) is 24.2 Å². The third-order valence-electron chi connectivity index (χ3n) is 3.42. The quantitative estimate of drug-likeness (QED) is 0.455. The molecule has 0 radical (unpaired) electrons. The molecule has 2 fully saturated rings. The molecule has 0 aromatic carbocycles. The van der Waals surface area contributed by atoms with Gasteiger partial charge in [-0.1, -0.05) is 0 Å². The van der Waals surface area contributed by atoms with Crippen LogP contribution < -0.4 is 0 Å². The number of hydrogen-bond donors (Lipinski definition) is 4. The second-order valence-corrected chi connectivity index (χ2v) is 4.04. The molecule has 2 aliphatic carbocycles. The molecule has 15 heavy (non-hydrogen) atoms. The lowest BCUT2D eigenvalue weighted by atomic mass is 9.91. The van der Waals surface area contributed by atoms with Crippen LogP contribution in [0.2, 0.25) is 0 Å². The molecule has 7 heteroatoms. The van der Waals surface area contributed by atoms with Gasteiger partial charge in [0.1, 0.15) is 0 Å². The summed E-state index contributed by atoms with van der Waals surface area (Å²) >= 11 is 0. The summed E-state index contributed by atoms with van der Waals surface area (Å²) in [5, 5.41) is 36.1. The number of carboxylic acid groups (broad SMARTS) is 2. The average Bonchev–Trinajstić information content (AvgIpc) is 2.60. The highest BCUT2D eigenvalue weighted by molar-refractivity contribution is 5.89. The molecule has 0 spiro atoms. The second kappa shape index (κ2) is 2.48. The van der Waals surface area contributed by atoms with Crippen LogP contribution in [0.4, 0.5) is 4.39 Å². The summed E-state index contributed by atoms with van der Waals surface area (Å²) in [4.78, 5) is 21.3. The largest absolute Gasteiger partial charge is 0.479 e. The number of carboxylic acids is 2. The highest BCUT2D eigenvalue weighted by Crippen LogP contribution is 2.67. The van der Waals surface area contributed by atoms with E-state index in [-0.39, 0.29) is 6.42 Å². The van der Waals surface area contributed by atoms with Crippen molar-refractivity contribution < 1.29 is 34.4 Å². The van der Waals surface area contributed by atoms with Crippen LogP contribution in [-0.2, 0) is 9.59 Å². The lowest BCUT2D eigenvalue weighted by Crippen LogP contribution is -2.52. The molecule has 0 saturated heterocycles. The molecule has 2 saturated carbocycles. The van der Waals surface area contributed by atoms with Crippen LogP contribution in [0.25, 0.3) is 0 Å². The first kappa shape index (κ1) is 10.3. The Morgan fingerprint density at radius 1 is 1.27 bits per heavy atom. The van der Waals surface area contributed by atoms with E-state index in [1.807, 2.05) is 0 Å². The van der Waals surface area contributed by atoms with E-state index in [0.717, 1.165) is 0 Å². The SMILES string of the molecule is O=C(O)[C@@]1(O)[C@H](O)C[C@@H]2[C@H]1[C@@]2(F)C(=O)O. The van der Waals surface area contributed by atoms with Crippen molar-refractivity contribution >= 4 is 11.9 Å². The zero-order chi connectivity index (χ0) is 11.6. The maximum atomic E-state index is 13.6. The number of halogens is 1. The van der Waals surface area contributed by atoms with Crippen LogP contribution in [0.1, 0.15) is 6.42 Å². The molecule has 5 atom stereocenters. The number of alkyl halides is 1. The van der Waals surface area contributed by atoms with Gasteiger partial charge < -0.3 is 20.4 Å². The van der Waals surface area contributed by atoms with E-state index >= 15 is 0 Å². The number of aliphatic carboxylic acids is 2. The molecule has 0 aromatic rings. The maximum Gasteiger partial charge on any atom is 0.342 e. The molecule has 0 unspecified atom stereocenters. The Kier molecular flexibility index (Phi) is 1.70.